The van der Waals surface area contributed by atoms with Crippen molar-refractivity contribution in [2.75, 3.05) is 0 Å². The van der Waals surface area contributed by atoms with Gasteiger partial charge in [0.05, 0.1) is 5.69 Å². The summed E-state index contributed by atoms with van der Waals surface area (Å²) in [5.41, 5.74) is 1.07. The second-order valence-electron chi connectivity index (χ2n) is 5.68. The van der Waals surface area contributed by atoms with Crippen molar-refractivity contribution >= 4 is 5.91 Å². The number of hydrogen-bond donors (Lipinski definition) is 1. The molecular weight excluding hydrogens is 238 g/mol. The second kappa shape index (κ2) is 5.19. The minimum Gasteiger partial charge on any atom is -0.351 e. The molecule has 0 saturated carbocycles. The fraction of sp³-hybridized carbons (Fsp3) is 0.600. The maximum Gasteiger partial charge on any atom is 0.223 e. The molecule has 19 heavy (non-hydrogen) atoms. The van der Waals surface area contributed by atoms with Crippen molar-refractivity contribution in [1.82, 2.24) is 14.9 Å². The third-order valence-electron chi connectivity index (χ3n) is 4.10. The summed E-state index contributed by atoms with van der Waals surface area (Å²) in [7, 11) is 0. The van der Waals surface area contributed by atoms with E-state index in [9.17, 15) is 4.79 Å². The monoisotopic (exact) mass is 259 g/mol. The first kappa shape index (κ1) is 12.5. The highest BCUT2D eigenvalue weighted by atomic mass is 16.1. The van der Waals surface area contributed by atoms with Gasteiger partial charge in [-0.15, -0.1) is 0 Å². The maximum atomic E-state index is 12.2. The zero-order valence-corrected chi connectivity index (χ0v) is 11.4. The summed E-state index contributed by atoms with van der Waals surface area (Å²) in [6.07, 6.45) is 11.3. The van der Waals surface area contributed by atoms with Crippen molar-refractivity contribution in [3.05, 3.63) is 29.9 Å². The van der Waals surface area contributed by atoms with Crippen molar-refractivity contribution in [3.8, 4) is 0 Å². The third-order valence-corrected chi connectivity index (χ3v) is 4.10. The van der Waals surface area contributed by atoms with E-state index in [4.69, 9.17) is 0 Å². The van der Waals surface area contributed by atoms with E-state index in [2.05, 4.69) is 33.2 Å². The van der Waals surface area contributed by atoms with E-state index in [1.807, 2.05) is 6.92 Å². The van der Waals surface area contributed by atoms with Gasteiger partial charge in [0.15, 0.2) is 0 Å². The number of carbonyl (C=O) groups is 1. The topological polar surface area (TPSA) is 46.9 Å². The second-order valence-corrected chi connectivity index (χ2v) is 5.68. The molecule has 0 unspecified atom stereocenters. The summed E-state index contributed by atoms with van der Waals surface area (Å²) in [6, 6.07) is 0.263. The molecule has 0 spiro atoms. The lowest BCUT2D eigenvalue weighted by molar-refractivity contribution is -0.126. The largest absolute Gasteiger partial charge is 0.351 e. The van der Waals surface area contributed by atoms with Gasteiger partial charge in [-0.1, -0.05) is 12.2 Å². The van der Waals surface area contributed by atoms with Crippen molar-refractivity contribution in [1.29, 1.82) is 0 Å². The van der Waals surface area contributed by atoms with Crippen LogP contribution in [-0.4, -0.2) is 21.5 Å². The zero-order valence-electron chi connectivity index (χ0n) is 11.4. The predicted molar refractivity (Wildman–Crippen MR) is 73.7 cm³/mol. The van der Waals surface area contributed by atoms with E-state index in [0.29, 0.717) is 0 Å². The molecule has 1 aromatic heterocycles. The quantitative estimate of drug-likeness (QED) is 0.826. The molecule has 2 atom stereocenters. The fourth-order valence-corrected chi connectivity index (χ4v) is 3.05. The zero-order chi connectivity index (χ0) is 13.2. The summed E-state index contributed by atoms with van der Waals surface area (Å²) in [5, 5.41) is 3.22. The van der Waals surface area contributed by atoms with Gasteiger partial charge in [-0.2, -0.15) is 0 Å². The molecule has 1 aliphatic heterocycles. The van der Waals surface area contributed by atoms with Crippen LogP contribution in [0.3, 0.4) is 0 Å². The summed E-state index contributed by atoms with van der Waals surface area (Å²) < 4.78 is 2.19. The highest BCUT2D eigenvalue weighted by molar-refractivity contribution is 5.79. The lowest BCUT2D eigenvalue weighted by Gasteiger charge is -2.27. The minimum absolute atomic E-state index is 0.177. The Bertz CT molecular complexity index is 503. The van der Waals surface area contributed by atoms with Crippen molar-refractivity contribution in [3.63, 3.8) is 0 Å². The first-order valence-corrected chi connectivity index (χ1v) is 7.20. The van der Waals surface area contributed by atoms with Gasteiger partial charge in [-0.3, -0.25) is 4.79 Å². The molecule has 1 aliphatic carbocycles. The molecule has 2 aliphatic rings. The number of allylic oxidation sites excluding steroid dienone is 2. The van der Waals surface area contributed by atoms with Gasteiger partial charge in [-0.05, 0) is 32.6 Å². The predicted octanol–water partition coefficient (Wildman–Crippen LogP) is 1.98. The van der Waals surface area contributed by atoms with Crippen LogP contribution >= 0.6 is 0 Å². The van der Waals surface area contributed by atoms with Gasteiger partial charge in [0.1, 0.15) is 5.82 Å². The summed E-state index contributed by atoms with van der Waals surface area (Å²) >= 11 is 0. The molecule has 0 fully saturated rings. The van der Waals surface area contributed by atoms with Crippen LogP contribution in [-0.2, 0) is 17.8 Å². The average molecular weight is 259 g/mol. The first-order valence-electron chi connectivity index (χ1n) is 7.20. The van der Waals surface area contributed by atoms with Crippen LogP contribution in [0.1, 0.15) is 37.2 Å². The van der Waals surface area contributed by atoms with Gasteiger partial charge in [0.2, 0.25) is 5.91 Å². The molecule has 102 valence electrons. The number of amides is 1. The SMILES string of the molecule is Cc1cn2c(n1)CC[C@@H](NC(=O)[C@H]1CC=CCC1)C2. The van der Waals surface area contributed by atoms with E-state index >= 15 is 0 Å². The Morgan fingerprint density at radius 1 is 1.42 bits per heavy atom. The van der Waals surface area contributed by atoms with E-state index in [0.717, 1.165) is 50.2 Å². The molecule has 4 heteroatoms. The Balaban J connectivity index is 1.59. The standard InChI is InChI=1S/C15H21N3O/c1-11-9-18-10-13(7-8-14(18)16-11)17-15(19)12-5-3-2-4-6-12/h2-3,9,12-13H,4-8,10H2,1H3,(H,17,19)/t12-,13+/m0/s1. The molecule has 1 amide bonds. The molecule has 3 rings (SSSR count). The number of rotatable bonds is 2. The molecule has 4 nitrogen and oxygen atoms in total. The van der Waals surface area contributed by atoms with Gasteiger partial charge < -0.3 is 9.88 Å². The van der Waals surface area contributed by atoms with Crippen LogP contribution in [0.15, 0.2) is 18.3 Å². The number of aryl methyl sites for hydroxylation is 2. The first-order chi connectivity index (χ1) is 9.22. The van der Waals surface area contributed by atoms with Crippen LogP contribution < -0.4 is 5.32 Å². The molecule has 0 bridgehead atoms. The van der Waals surface area contributed by atoms with Crippen LogP contribution in [0.25, 0.3) is 0 Å². The van der Waals surface area contributed by atoms with E-state index in [1.54, 1.807) is 0 Å². The average Bonchev–Trinajstić information content (AvgIpc) is 2.79. The highest BCUT2D eigenvalue weighted by Gasteiger charge is 2.25. The smallest absolute Gasteiger partial charge is 0.223 e. The summed E-state index contributed by atoms with van der Waals surface area (Å²) in [4.78, 5) is 16.7. The number of imidazole rings is 1. The number of carbonyl (C=O) groups excluding carboxylic acids is 1. The Kier molecular flexibility index (Phi) is 3.40. The Morgan fingerprint density at radius 2 is 2.32 bits per heavy atom. The molecule has 1 N–H and O–H groups in total. The van der Waals surface area contributed by atoms with Crippen LogP contribution in [0, 0.1) is 12.8 Å². The minimum atomic E-state index is 0.177. The molecule has 1 aromatic rings. The molecular formula is C15H21N3O. The number of nitrogens with one attached hydrogen (secondary N) is 1. The summed E-state index contributed by atoms with van der Waals surface area (Å²) in [5.74, 6) is 1.56. The molecule has 0 radical (unpaired) electrons. The summed E-state index contributed by atoms with van der Waals surface area (Å²) in [6.45, 7) is 2.89. The number of fused-ring (bicyclic) bond motifs is 1. The van der Waals surface area contributed by atoms with Gasteiger partial charge in [0, 0.05) is 31.1 Å². The number of aromatic nitrogens is 2. The molecule has 0 aromatic carbocycles. The van der Waals surface area contributed by atoms with E-state index in [-0.39, 0.29) is 17.9 Å². The van der Waals surface area contributed by atoms with Gasteiger partial charge in [0.25, 0.3) is 0 Å². The van der Waals surface area contributed by atoms with Crippen LogP contribution in [0.5, 0.6) is 0 Å². The highest BCUT2D eigenvalue weighted by Crippen LogP contribution is 2.20. The van der Waals surface area contributed by atoms with E-state index < -0.39 is 0 Å². The lowest BCUT2D eigenvalue weighted by atomic mass is 9.93. The number of nitrogens with zero attached hydrogens (tertiary/aromatic N) is 2. The number of hydrogen-bond acceptors (Lipinski definition) is 2. The Hall–Kier alpha value is -1.58. The lowest BCUT2D eigenvalue weighted by Crippen LogP contribution is -2.43. The Labute approximate surface area is 113 Å². The normalized spacial score (nSPS) is 25.9. The van der Waals surface area contributed by atoms with Crippen molar-refractivity contribution in [2.45, 2.75) is 51.6 Å². The van der Waals surface area contributed by atoms with Crippen molar-refractivity contribution in [2.24, 2.45) is 5.92 Å². The van der Waals surface area contributed by atoms with Crippen LogP contribution in [0.2, 0.25) is 0 Å². The van der Waals surface area contributed by atoms with Gasteiger partial charge >= 0.3 is 0 Å². The van der Waals surface area contributed by atoms with Crippen LogP contribution in [0.4, 0.5) is 0 Å². The third kappa shape index (κ3) is 2.72. The van der Waals surface area contributed by atoms with Crippen molar-refractivity contribution < 1.29 is 4.79 Å². The molecule has 2 heterocycles. The maximum absolute atomic E-state index is 12.2. The molecule has 0 saturated heterocycles. The Morgan fingerprint density at radius 3 is 3.11 bits per heavy atom. The van der Waals surface area contributed by atoms with Gasteiger partial charge in [-0.25, -0.2) is 4.98 Å². The fourth-order valence-electron chi connectivity index (χ4n) is 3.05. The van der Waals surface area contributed by atoms with E-state index in [1.165, 1.54) is 0 Å².